The summed E-state index contributed by atoms with van der Waals surface area (Å²) >= 11 is 5.35. The van der Waals surface area contributed by atoms with Crippen LogP contribution >= 0.6 is 12.2 Å². The maximum atomic E-state index is 5.35. The number of quaternary nitrogens is 1. The Morgan fingerprint density at radius 3 is 2.43 bits per heavy atom. The molecule has 0 aliphatic carbocycles. The molecule has 2 aromatic rings. The SMILES string of the molecule is COc1ccc(NC(=S)NN=C2CC[NH+](Cc3ccccc3)CC2)cc1OC. The molecule has 28 heavy (non-hydrogen) atoms. The number of benzene rings is 2. The molecule has 1 saturated heterocycles. The van der Waals surface area contributed by atoms with Crippen LogP contribution in [0.3, 0.4) is 0 Å². The summed E-state index contributed by atoms with van der Waals surface area (Å²) in [5.41, 5.74) is 6.32. The van der Waals surface area contributed by atoms with E-state index in [4.69, 9.17) is 21.7 Å². The average molecular weight is 400 g/mol. The predicted octanol–water partition coefficient (Wildman–Crippen LogP) is 2.23. The number of nitrogens with one attached hydrogen (secondary N) is 3. The fourth-order valence-electron chi connectivity index (χ4n) is 3.27. The molecule has 0 amide bonds. The zero-order valence-electron chi connectivity index (χ0n) is 16.3. The average Bonchev–Trinajstić information content (AvgIpc) is 2.74. The lowest BCUT2D eigenvalue weighted by molar-refractivity contribution is -0.914. The van der Waals surface area contributed by atoms with Crippen molar-refractivity contribution in [3.63, 3.8) is 0 Å². The van der Waals surface area contributed by atoms with E-state index in [1.54, 1.807) is 19.1 Å². The smallest absolute Gasteiger partial charge is 0.191 e. The molecule has 0 radical (unpaired) electrons. The molecule has 7 heteroatoms. The maximum Gasteiger partial charge on any atom is 0.191 e. The van der Waals surface area contributed by atoms with Gasteiger partial charge in [-0.05, 0) is 24.4 Å². The highest BCUT2D eigenvalue weighted by molar-refractivity contribution is 7.80. The van der Waals surface area contributed by atoms with Gasteiger partial charge in [-0.15, -0.1) is 0 Å². The Kier molecular flexibility index (Phi) is 7.22. The van der Waals surface area contributed by atoms with Gasteiger partial charge in [0.05, 0.1) is 27.3 Å². The number of thiocarbonyl (C=S) groups is 1. The highest BCUT2D eigenvalue weighted by Crippen LogP contribution is 2.29. The van der Waals surface area contributed by atoms with Crippen LogP contribution in [0.2, 0.25) is 0 Å². The third-order valence-corrected chi connectivity index (χ3v) is 4.98. The molecule has 1 fully saturated rings. The Morgan fingerprint density at radius 1 is 1.04 bits per heavy atom. The number of hydrogen-bond donors (Lipinski definition) is 3. The molecule has 1 aliphatic heterocycles. The van der Waals surface area contributed by atoms with Crippen LogP contribution in [0.15, 0.2) is 53.6 Å². The van der Waals surface area contributed by atoms with E-state index in [0.717, 1.165) is 43.9 Å². The summed E-state index contributed by atoms with van der Waals surface area (Å²) in [6, 6.07) is 16.2. The molecule has 0 bridgehead atoms. The van der Waals surface area contributed by atoms with E-state index in [1.165, 1.54) is 5.56 Å². The van der Waals surface area contributed by atoms with Crippen molar-refractivity contribution in [1.82, 2.24) is 5.43 Å². The van der Waals surface area contributed by atoms with Crippen molar-refractivity contribution >= 4 is 28.7 Å². The molecule has 0 aromatic heterocycles. The van der Waals surface area contributed by atoms with Crippen LogP contribution in [0.4, 0.5) is 5.69 Å². The maximum absolute atomic E-state index is 5.35. The first-order valence-corrected chi connectivity index (χ1v) is 9.80. The molecule has 1 aliphatic rings. The van der Waals surface area contributed by atoms with Gasteiger partial charge in [-0.3, -0.25) is 5.43 Å². The van der Waals surface area contributed by atoms with Crippen LogP contribution in [0.1, 0.15) is 18.4 Å². The molecular formula is C21H27N4O2S+. The Morgan fingerprint density at radius 2 is 1.75 bits per heavy atom. The summed E-state index contributed by atoms with van der Waals surface area (Å²) in [4.78, 5) is 1.59. The van der Waals surface area contributed by atoms with Crippen LogP contribution in [0, 0.1) is 0 Å². The molecule has 6 nitrogen and oxygen atoms in total. The summed E-state index contributed by atoms with van der Waals surface area (Å²) in [7, 11) is 3.22. The number of hydrazone groups is 1. The first kappa shape index (κ1) is 20.1. The van der Waals surface area contributed by atoms with Crippen LogP contribution < -0.4 is 25.1 Å². The number of nitrogens with zero attached hydrogens (tertiary/aromatic N) is 1. The second-order valence-electron chi connectivity index (χ2n) is 6.73. The van der Waals surface area contributed by atoms with E-state index in [1.807, 2.05) is 18.2 Å². The Bertz CT molecular complexity index is 816. The number of piperidine rings is 1. The Hall–Kier alpha value is -2.64. The molecule has 3 N–H and O–H groups in total. The van der Waals surface area contributed by atoms with Gasteiger partial charge < -0.3 is 19.7 Å². The number of likely N-dealkylation sites (tertiary alicyclic amines) is 1. The molecule has 0 spiro atoms. The third kappa shape index (κ3) is 5.68. The molecule has 3 rings (SSSR count). The van der Waals surface area contributed by atoms with Gasteiger partial charge >= 0.3 is 0 Å². The fraction of sp³-hybridized carbons (Fsp3) is 0.333. The second kappa shape index (κ2) is 10.1. The van der Waals surface area contributed by atoms with E-state index in [9.17, 15) is 0 Å². The van der Waals surface area contributed by atoms with Gasteiger partial charge in [0.1, 0.15) is 6.54 Å². The lowest BCUT2D eigenvalue weighted by Crippen LogP contribution is -3.11. The minimum Gasteiger partial charge on any atom is -0.493 e. The monoisotopic (exact) mass is 399 g/mol. The van der Waals surface area contributed by atoms with E-state index in [2.05, 4.69) is 46.2 Å². The zero-order chi connectivity index (χ0) is 19.8. The minimum atomic E-state index is 0.457. The molecule has 0 atom stereocenters. The van der Waals surface area contributed by atoms with Crippen molar-refractivity contribution in [3.8, 4) is 11.5 Å². The van der Waals surface area contributed by atoms with Crippen LogP contribution in [-0.2, 0) is 6.54 Å². The van der Waals surface area contributed by atoms with Crippen molar-refractivity contribution in [2.75, 3.05) is 32.6 Å². The summed E-state index contributed by atoms with van der Waals surface area (Å²) in [6.07, 6.45) is 1.96. The van der Waals surface area contributed by atoms with Crippen LogP contribution in [0.5, 0.6) is 11.5 Å². The fourth-order valence-corrected chi connectivity index (χ4v) is 3.43. The van der Waals surface area contributed by atoms with Gasteiger partial charge in [0, 0.05) is 35.9 Å². The van der Waals surface area contributed by atoms with E-state index >= 15 is 0 Å². The van der Waals surface area contributed by atoms with Gasteiger partial charge in [0.25, 0.3) is 0 Å². The summed E-state index contributed by atoms with van der Waals surface area (Å²) < 4.78 is 10.6. The van der Waals surface area contributed by atoms with Crippen LogP contribution in [0.25, 0.3) is 0 Å². The summed E-state index contributed by atoms with van der Waals surface area (Å²) in [6.45, 7) is 3.25. The van der Waals surface area contributed by atoms with Crippen molar-refractivity contribution in [2.24, 2.45) is 5.10 Å². The minimum absolute atomic E-state index is 0.457. The Balaban J connectivity index is 1.46. The third-order valence-electron chi connectivity index (χ3n) is 4.79. The number of methoxy groups -OCH3 is 2. The Labute approximate surface area is 171 Å². The van der Waals surface area contributed by atoms with Gasteiger partial charge in [-0.2, -0.15) is 5.10 Å². The molecule has 2 aromatic carbocycles. The number of ether oxygens (including phenoxy) is 2. The van der Waals surface area contributed by atoms with Crippen molar-refractivity contribution in [2.45, 2.75) is 19.4 Å². The first-order valence-electron chi connectivity index (χ1n) is 9.40. The second-order valence-corrected chi connectivity index (χ2v) is 7.13. The van der Waals surface area contributed by atoms with Gasteiger partial charge in [-0.1, -0.05) is 30.3 Å². The quantitative estimate of drug-likeness (QED) is 0.514. The van der Waals surface area contributed by atoms with Crippen LogP contribution in [-0.4, -0.2) is 38.1 Å². The van der Waals surface area contributed by atoms with Gasteiger partial charge in [-0.25, -0.2) is 0 Å². The molecule has 148 valence electrons. The van der Waals surface area contributed by atoms with Gasteiger partial charge in [0.2, 0.25) is 0 Å². The highest BCUT2D eigenvalue weighted by atomic mass is 32.1. The number of rotatable bonds is 6. The number of hydrogen-bond acceptors (Lipinski definition) is 4. The molecule has 0 saturated carbocycles. The molecular weight excluding hydrogens is 372 g/mol. The highest BCUT2D eigenvalue weighted by Gasteiger charge is 2.18. The summed E-state index contributed by atoms with van der Waals surface area (Å²) in [5, 5.41) is 8.07. The molecule has 0 unspecified atom stereocenters. The standard InChI is InChI=1S/C21H26N4O2S/c1-26-19-9-8-18(14-20(19)27-2)22-21(28)24-23-17-10-12-25(13-11-17)15-16-6-4-3-5-7-16/h3-9,14H,10-13,15H2,1-2H3,(H2,22,24,28)/p+1. The van der Waals surface area contributed by atoms with Crippen molar-refractivity contribution < 1.29 is 14.4 Å². The van der Waals surface area contributed by atoms with E-state index in [0.29, 0.717) is 16.6 Å². The van der Waals surface area contributed by atoms with E-state index in [-0.39, 0.29) is 0 Å². The van der Waals surface area contributed by atoms with Crippen molar-refractivity contribution in [1.29, 1.82) is 0 Å². The lowest BCUT2D eigenvalue weighted by Gasteiger charge is -2.24. The van der Waals surface area contributed by atoms with E-state index < -0.39 is 0 Å². The summed E-state index contributed by atoms with van der Waals surface area (Å²) in [5.74, 6) is 1.33. The largest absolute Gasteiger partial charge is 0.493 e. The first-order chi connectivity index (χ1) is 13.7. The lowest BCUT2D eigenvalue weighted by atomic mass is 10.1. The van der Waals surface area contributed by atoms with Gasteiger partial charge in [0.15, 0.2) is 16.6 Å². The zero-order valence-corrected chi connectivity index (χ0v) is 17.1. The predicted molar refractivity (Wildman–Crippen MR) is 116 cm³/mol. The molecule has 1 heterocycles. The van der Waals surface area contributed by atoms with Crippen molar-refractivity contribution in [3.05, 3.63) is 54.1 Å². The number of anilines is 1. The normalized spacial score (nSPS) is 16.2. The topological polar surface area (TPSA) is 59.3 Å².